The number of carboxylic acid groups (broad SMARTS) is 3. The molecule has 0 aliphatic rings. The zero-order chi connectivity index (χ0) is 26.4. The number of aliphatic carboxylic acids is 3. The largest absolute Gasteiger partial charge is 0.481 e. The van der Waals surface area contributed by atoms with Gasteiger partial charge in [-0.05, 0) is 38.1 Å². The van der Waals surface area contributed by atoms with Gasteiger partial charge in [0.1, 0.15) is 18.1 Å². The molecule has 34 heavy (non-hydrogen) atoms. The maximum absolute atomic E-state index is 12.7. The van der Waals surface area contributed by atoms with Crippen molar-refractivity contribution in [2.45, 2.75) is 76.5 Å². The first-order valence-corrected chi connectivity index (χ1v) is 10.8. The Morgan fingerprint density at radius 1 is 0.735 bits per heavy atom. The molecule has 0 aliphatic carbocycles. The second kappa shape index (κ2) is 15.6. The number of unbranched alkanes of at least 4 members (excludes halogenated alkanes) is 1. The summed E-state index contributed by atoms with van der Waals surface area (Å²) < 4.78 is 0. The Bertz CT molecular complexity index is 744. The minimum absolute atomic E-state index is 0.0381. The van der Waals surface area contributed by atoms with Crippen molar-refractivity contribution in [3.63, 3.8) is 0 Å². The number of nitrogens with one attached hydrogen (secondary N) is 3. The summed E-state index contributed by atoms with van der Waals surface area (Å²) in [5, 5.41) is 34.0. The number of carbonyl (C=O) groups excluding carboxylic acids is 3. The van der Waals surface area contributed by atoms with E-state index >= 15 is 0 Å². The zero-order valence-corrected chi connectivity index (χ0v) is 19.3. The molecule has 0 saturated carbocycles. The van der Waals surface area contributed by atoms with Crippen LogP contribution in [0.5, 0.6) is 0 Å². The predicted molar refractivity (Wildman–Crippen MR) is 118 cm³/mol. The molecule has 0 aliphatic heterocycles. The van der Waals surface area contributed by atoms with Crippen molar-refractivity contribution in [3.05, 3.63) is 0 Å². The van der Waals surface area contributed by atoms with Crippen molar-refractivity contribution in [1.82, 2.24) is 16.0 Å². The molecular weight excluding hydrogens is 454 g/mol. The first kappa shape index (κ1) is 30.7. The van der Waals surface area contributed by atoms with Crippen molar-refractivity contribution < 1.29 is 44.1 Å². The lowest BCUT2D eigenvalue weighted by Gasteiger charge is -2.25. The van der Waals surface area contributed by atoms with Crippen LogP contribution in [0.3, 0.4) is 0 Å². The molecule has 3 amide bonds. The first-order valence-electron chi connectivity index (χ1n) is 10.8. The van der Waals surface area contributed by atoms with Crippen LogP contribution in [0, 0.1) is 5.92 Å². The van der Waals surface area contributed by atoms with Gasteiger partial charge in [0.25, 0.3) is 0 Å². The standard InChI is InChI=1S/C20H35N5O9/c1-10(2)16(22)19(32)23-11(6-7-14(26)27)17(30)25-13(9-15(28)29)18(31)24-12(20(33)34)5-3-4-8-21/h10-13,16H,3-9,21-22H2,1-2H3,(H,23,32)(H,24,31)(H,25,30)(H,26,27)(H,28,29)(H,33,34). The molecular formula is C20H35N5O9. The van der Waals surface area contributed by atoms with E-state index in [0.29, 0.717) is 19.4 Å². The van der Waals surface area contributed by atoms with Gasteiger partial charge in [0.2, 0.25) is 17.7 Å². The summed E-state index contributed by atoms with van der Waals surface area (Å²) in [7, 11) is 0. The summed E-state index contributed by atoms with van der Waals surface area (Å²) in [4.78, 5) is 71.2. The SMILES string of the molecule is CC(C)C(N)C(=O)NC(CCC(=O)O)C(=O)NC(CC(=O)O)C(=O)NC(CCCCN)C(=O)O. The quantitative estimate of drug-likeness (QED) is 0.103. The molecule has 194 valence electrons. The van der Waals surface area contributed by atoms with Crippen LogP contribution in [0.2, 0.25) is 0 Å². The van der Waals surface area contributed by atoms with Crippen LogP contribution in [0.4, 0.5) is 0 Å². The summed E-state index contributed by atoms with van der Waals surface area (Å²) in [6.07, 6.45) is -0.793. The van der Waals surface area contributed by atoms with E-state index < -0.39 is 72.6 Å². The van der Waals surface area contributed by atoms with Crippen LogP contribution in [0.1, 0.15) is 52.4 Å². The van der Waals surface area contributed by atoms with Crippen LogP contribution in [0.25, 0.3) is 0 Å². The number of hydrogen-bond acceptors (Lipinski definition) is 8. The maximum Gasteiger partial charge on any atom is 0.326 e. The molecule has 0 fully saturated rings. The Morgan fingerprint density at radius 3 is 1.74 bits per heavy atom. The highest BCUT2D eigenvalue weighted by molar-refractivity contribution is 5.95. The lowest BCUT2D eigenvalue weighted by Crippen LogP contribution is -2.58. The monoisotopic (exact) mass is 489 g/mol. The van der Waals surface area contributed by atoms with Gasteiger partial charge in [-0.25, -0.2) is 4.79 Å². The molecule has 0 aromatic carbocycles. The molecule has 0 spiro atoms. The second-order valence-electron chi connectivity index (χ2n) is 8.11. The fourth-order valence-corrected chi connectivity index (χ4v) is 2.79. The van der Waals surface area contributed by atoms with Crippen molar-refractivity contribution in [2.75, 3.05) is 6.54 Å². The highest BCUT2D eigenvalue weighted by atomic mass is 16.4. The van der Waals surface area contributed by atoms with Crippen molar-refractivity contribution >= 4 is 35.6 Å². The molecule has 4 atom stereocenters. The fourth-order valence-electron chi connectivity index (χ4n) is 2.79. The molecule has 0 bridgehead atoms. The number of hydrogen-bond donors (Lipinski definition) is 8. The Hall–Kier alpha value is -3.26. The molecule has 0 aromatic rings. The predicted octanol–water partition coefficient (Wildman–Crippen LogP) is -2.02. The van der Waals surface area contributed by atoms with E-state index in [9.17, 15) is 33.9 Å². The van der Waals surface area contributed by atoms with Gasteiger partial charge in [-0.3, -0.25) is 24.0 Å². The molecule has 0 saturated heterocycles. The van der Waals surface area contributed by atoms with E-state index in [-0.39, 0.29) is 18.8 Å². The average Bonchev–Trinajstić information content (AvgIpc) is 2.73. The average molecular weight is 490 g/mol. The van der Waals surface area contributed by atoms with Gasteiger partial charge in [0.05, 0.1) is 12.5 Å². The topological polar surface area (TPSA) is 251 Å². The third kappa shape index (κ3) is 12.1. The Morgan fingerprint density at radius 2 is 1.26 bits per heavy atom. The molecule has 0 aromatic heterocycles. The van der Waals surface area contributed by atoms with Crippen molar-refractivity contribution in [1.29, 1.82) is 0 Å². The first-order chi connectivity index (χ1) is 15.8. The lowest BCUT2D eigenvalue weighted by atomic mass is 10.0. The molecule has 0 rings (SSSR count). The van der Waals surface area contributed by atoms with Crippen LogP contribution in [-0.2, 0) is 28.8 Å². The van der Waals surface area contributed by atoms with E-state index in [4.69, 9.17) is 21.7 Å². The molecule has 14 heteroatoms. The van der Waals surface area contributed by atoms with E-state index in [0.717, 1.165) is 0 Å². The summed E-state index contributed by atoms with van der Waals surface area (Å²) in [6.45, 7) is 3.65. The van der Waals surface area contributed by atoms with E-state index in [1.54, 1.807) is 13.8 Å². The number of nitrogens with two attached hydrogens (primary N) is 2. The van der Waals surface area contributed by atoms with E-state index in [1.165, 1.54) is 0 Å². The van der Waals surface area contributed by atoms with Crippen LogP contribution in [-0.4, -0.2) is 81.7 Å². The summed E-state index contributed by atoms with van der Waals surface area (Å²) >= 11 is 0. The molecule has 4 unspecified atom stereocenters. The maximum atomic E-state index is 12.7. The smallest absolute Gasteiger partial charge is 0.326 e. The fraction of sp³-hybridized carbons (Fsp3) is 0.700. The van der Waals surface area contributed by atoms with Crippen molar-refractivity contribution in [2.24, 2.45) is 17.4 Å². The Balaban J connectivity index is 5.54. The zero-order valence-electron chi connectivity index (χ0n) is 19.3. The minimum Gasteiger partial charge on any atom is -0.481 e. The van der Waals surface area contributed by atoms with Crippen LogP contribution < -0.4 is 27.4 Å². The third-order valence-corrected chi connectivity index (χ3v) is 4.87. The third-order valence-electron chi connectivity index (χ3n) is 4.87. The van der Waals surface area contributed by atoms with Gasteiger partial charge in [-0.15, -0.1) is 0 Å². The van der Waals surface area contributed by atoms with Crippen molar-refractivity contribution in [3.8, 4) is 0 Å². The number of rotatable bonds is 17. The summed E-state index contributed by atoms with van der Waals surface area (Å²) in [6, 6.07) is -5.43. The molecule has 0 radical (unpaired) electrons. The Labute approximate surface area is 196 Å². The molecule has 10 N–H and O–H groups in total. The molecule has 0 heterocycles. The second-order valence-corrected chi connectivity index (χ2v) is 8.11. The number of carbonyl (C=O) groups is 6. The highest BCUT2D eigenvalue weighted by Crippen LogP contribution is 2.06. The van der Waals surface area contributed by atoms with Crippen LogP contribution >= 0.6 is 0 Å². The summed E-state index contributed by atoms with van der Waals surface area (Å²) in [5.41, 5.74) is 11.1. The van der Waals surface area contributed by atoms with Gasteiger partial charge in [0.15, 0.2) is 0 Å². The van der Waals surface area contributed by atoms with Gasteiger partial charge in [-0.2, -0.15) is 0 Å². The minimum atomic E-state index is -1.68. The Kier molecular flexibility index (Phi) is 14.1. The van der Waals surface area contributed by atoms with Crippen LogP contribution in [0.15, 0.2) is 0 Å². The lowest BCUT2D eigenvalue weighted by molar-refractivity contribution is -0.143. The van der Waals surface area contributed by atoms with Gasteiger partial charge >= 0.3 is 17.9 Å². The van der Waals surface area contributed by atoms with E-state index in [1.807, 2.05) is 0 Å². The van der Waals surface area contributed by atoms with E-state index in [2.05, 4.69) is 16.0 Å². The van der Waals surface area contributed by atoms with Gasteiger partial charge in [-0.1, -0.05) is 13.8 Å². The molecule has 14 nitrogen and oxygen atoms in total. The normalized spacial score (nSPS) is 14.4. The number of carboxylic acids is 3. The highest BCUT2D eigenvalue weighted by Gasteiger charge is 2.32. The van der Waals surface area contributed by atoms with Gasteiger partial charge < -0.3 is 42.7 Å². The van der Waals surface area contributed by atoms with Gasteiger partial charge in [0, 0.05) is 6.42 Å². The summed E-state index contributed by atoms with van der Waals surface area (Å²) in [5.74, 6) is -7.14. The number of amides is 3.